The average molecular weight is 216 g/mol. The lowest BCUT2D eigenvalue weighted by Gasteiger charge is -2.08. The lowest BCUT2D eigenvalue weighted by atomic mass is 10.3. The van der Waals surface area contributed by atoms with E-state index in [4.69, 9.17) is 10.2 Å². The first-order valence-corrected chi connectivity index (χ1v) is 4.98. The van der Waals surface area contributed by atoms with Gasteiger partial charge in [0.25, 0.3) is 0 Å². The highest BCUT2D eigenvalue weighted by Gasteiger charge is 2.20. The number of carbonyl (C=O) groups is 2. The molecule has 0 heterocycles. The number of nitrogens with one attached hydrogen (secondary N) is 2. The van der Waals surface area contributed by atoms with E-state index in [1.165, 1.54) is 12.8 Å². The molecule has 0 aliphatic heterocycles. The second-order valence-corrected chi connectivity index (χ2v) is 3.73. The number of carboxylic acid groups (broad SMARTS) is 1. The number of aliphatic carboxylic acids is 1. The van der Waals surface area contributed by atoms with Crippen molar-refractivity contribution in [2.75, 3.05) is 19.6 Å². The molecule has 1 aliphatic rings. The minimum Gasteiger partial charge on any atom is -0.479 e. The molecule has 86 valence electrons. The first kappa shape index (κ1) is 11.9. The van der Waals surface area contributed by atoms with Gasteiger partial charge in [-0.1, -0.05) is 0 Å². The number of aliphatic hydroxyl groups excluding tert-OH is 1. The molecular weight excluding hydrogens is 200 g/mol. The molecule has 0 aromatic rings. The van der Waals surface area contributed by atoms with Crippen LogP contribution in [0.3, 0.4) is 0 Å². The molecule has 1 fully saturated rings. The van der Waals surface area contributed by atoms with Gasteiger partial charge in [-0.05, 0) is 25.3 Å². The van der Waals surface area contributed by atoms with E-state index < -0.39 is 12.1 Å². The van der Waals surface area contributed by atoms with Crippen molar-refractivity contribution in [3.8, 4) is 0 Å². The zero-order chi connectivity index (χ0) is 11.3. The largest absolute Gasteiger partial charge is 0.479 e. The summed E-state index contributed by atoms with van der Waals surface area (Å²) < 4.78 is 0. The molecular formula is C9H16N2O4. The predicted molar refractivity (Wildman–Crippen MR) is 52.2 cm³/mol. The van der Waals surface area contributed by atoms with Gasteiger partial charge in [-0.3, -0.25) is 4.79 Å². The third-order valence-electron chi connectivity index (χ3n) is 2.19. The van der Waals surface area contributed by atoms with Crippen LogP contribution in [0.5, 0.6) is 0 Å². The van der Waals surface area contributed by atoms with Crippen LogP contribution in [-0.4, -0.2) is 47.8 Å². The highest BCUT2D eigenvalue weighted by Crippen LogP contribution is 2.27. The lowest BCUT2D eigenvalue weighted by molar-refractivity contribution is -0.146. The van der Waals surface area contributed by atoms with Crippen LogP contribution < -0.4 is 10.6 Å². The number of rotatable bonds is 7. The Kier molecular flexibility index (Phi) is 4.51. The summed E-state index contributed by atoms with van der Waals surface area (Å²) in [4.78, 5) is 21.3. The summed E-state index contributed by atoms with van der Waals surface area (Å²) in [6, 6.07) is 0. The summed E-state index contributed by atoms with van der Waals surface area (Å²) in [5, 5.41) is 22.5. The van der Waals surface area contributed by atoms with Crippen molar-refractivity contribution < 1.29 is 19.8 Å². The predicted octanol–water partition coefficient (Wildman–Crippen LogP) is -1.45. The van der Waals surface area contributed by atoms with Gasteiger partial charge in [0, 0.05) is 0 Å². The highest BCUT2D eigenvalue weighted by molar-refractivity contribution is 5.79. The van der Waals surface area contributed by atoms with Gasteiger partial charge in [0.1, 0.15) is 0 Å². The number of hydrogen-bond acceptors (Lipinski definition) is 4. The Labute approximate surface area is 87.7 Å². The van der Waals surface area contributed by atoms with Gasteiger partial charge in [-0.15, -0.1) is 0 Å². The second kappa shape index (κ2) is 5.67. The van der Waals surface area contributed by atoms with Crippen LogP contribution in [0.4, 0.5) is 0 Å². The van der Waals surface area contributed by atoms with E-state index in [1.807, 2.05) is 0 Å². The van der Waals surface area contributed by atoms with E-state index in [1.54, 1.807) is 0 Å². The van der Waals surface area contributed by atoms with Crippen molar-refractivity contribution in [3.63, 3.8) is 0 Å². The Morgan fingerprint density at radius 2 is 2.07 bits per heavy atom. The summed E-state index contributed by atoms with van der Waals surface area (Å²) in [5.41, 5.74) is 0. The van der Waals surface area contributed by atoms with Gasteiger partial charge < -0.3 is 20.8 Å². The van der Waals surface area contributed by atoms with Crippen LogP contribution >= 0.6 is 0 Å². The van der Waals surface area contributed by atoms with E-state index >= 15 is 0 Å². The fourth-order valence-corrected chi connectivity index (χ4v) is 1.07. The zero-order valence-electron chi connectivity index (χ0n) is 8.40. The molecule has 0 spiro atoms. The molecule has 1 rings (SSSR count). The number of amides is 1. The minimum absolute atomic E-state index is 0.169. The van der Waals surface area contributed by atoms with Gasteiger partial charge >= 0.3 is 5.97 Å². The molecule has 4 N–H and O–H groups in total. The normalized spacial score (nSPS) is 17.1. The SMILES string of the molecule is O=C(CNCC1CC1)NC[C@H](O)C(=O)O. The molecule has 1 amide bonds. The zero-order valence-corrected chi connectivity index (χ0v) is 8.40. The van der Waals surface area contributed by atoms with E-state index in [9.17, 15) is 9.59 Å². The standard InChI is InChI=1S/C9H16N2O4/c12-7(9(14)15)4-11-8(13)5-10-3-6-1-2-6/h6-7,10,12H,1-5H2,(H,11,13)(H,14,15)/t7-/m0/s1. The maximum absolute atomic E-state index is 11.1. The molecule has 0 radical (unpaired) electrons. The first-order chi connectivity index (χ1) is 7.09. The van der Waals surface area contributed by atoms with Crippen LogP contribution in [0.1, 0.15) is 12.8 Å². The van der Waals surface area contributed by atoms with E-state index in [0.29, 0.717) is 5.92 Å². The van der Waals surface area contributed by atoms with Gasteiger partial charge in [0.2, 0.25) is 5.91 Å². The topological polar surface area (TPSA) is 98.7 Å². The molecule has 1 atom stereocenters. The number of aliphatic hydroxyl groups is 1. The Balaban J connectivity index is 1.99. The molecule has 0 unspecified atom stereocenters. The lowest BCUT2D eigenvalue weighted by Crippen LogP contribution is -2.40. The Hall–Kier alpha value is -1.14. The highest BCUT2D eigenvalue weighted by atomic mass is 16.4. The monoisotopic (exact) mass is 216 g/mol. The molecule has 0 aromatic heterocycles. The van der Waals surface area contributed by atoms with Crippen molar-refractivity contribution >= 4 is 11.9 Å². The molecule has 15 heavy (non-hydrogen) atoms. The molecule has 6 nitrogen and oxygen atoms in total. The smallest absolute Gasteiger partial charge is 0.334 e. The summed E-state index contributed by atoms with van der Waals surface area (Å²) in [6.07, 6.45) is 0.899. The molecule has 6 heteroatoms. The van der Waals surface area contributed by atoms with Crippen molar-refractivity contribution in [2.24, 2.45) is 5.92 Å². The van der Waals surface area contributed by atoms with Crippen molar-refractivity contribution in [1.82, 2.24) is 10.6 Å². The van der Waals surface area contributed by atoms with E-state index in [-0.39, 0.29) is 19.0 Å². The van der Waals surface area contributed by atoms with Crippen LogP contribution in [0.15, 0.2) is 0 Å². The second-order valence-electron chi connectivity index (χ2n) is 3.73. The molecule has 0 saturated heterocycles. The Bertz CT molecular complexity index is 240. The first-order valence-electron chi connectivity index (χ1n) is 4.98. The summed E-state index contributed by atoms with van der Waals surface area (Å²) in [5.74, 6) is -0.931. The maximum atomic E-state index is 11.1. The van der Waals surface area contributed by atoms with Gasteiger partial charge in [0.05, 0.1) is 13.1 Å². The fourth-order valence-electron chi connectivity index (χ4n) is 1.07. The van der Waals surface area contributed by atoms with Crippen LogP contribution in [0.25, 0.3) is 0 Å². The minimum atomic E-state index is -1.53. The summed E-state index contributed by atoms with van der Waals surface area (Å²) >= 11 is 0. The quantitative estimate of drug-likeness (QED) is 0.417. The number of carboxylic acids is 1. The number of hydrogen-bond donors (Lipinski definition) is 4. The average Bonchev–Trinajstić information content (AvgIpc) is 2.97. The van der Waals surface area contributed by atoms with E-state index in [2.05, 4.69) is 10.6 Å². The molecule has 0 bridgehead atoms. The maximum Gasteiger partial charge on any atom is 0.334 e. The Morgan fingerprint density at radius 3 is 2.60 bits per heavy atom. The summed E-state index contributed by atoms with van der Waals surface area (Å²) in [6.45, 7) is 0.747. The van der Waals surface area contributed by atoms with Crippen LogP contribution in [-0.2, 0) is 9.59 Å². The van der Waals surface area contributed by atoms with Gasteiger partial charge in [-0.2, -0.15) is 0 Å². The number of carbonyl (C=O) groups excluding carboxylic acids is 1. The van der Waals surface area contributed by atoms with Crippen molar-refractivity contribution in [2.45, 2.75) is 18.9 Å². The van der Waals surface area contributed by atoms with E-state index in [0.717, 1.165) is 6.54 Å². The summed E-state index contributed by atoms with van der Waals surface area (Å²) in [7, 11) is 0. The molecule has 1 aliphatic carbocycles. The molecule has 1 saturated carbocycles. The van der Waals surface area contributed by atoms with Gasteiger partial charge in [-0.25, -0.2) is 4.79 Å². The Morgan fingerprint density at radius 1 is 1.40 bits per heavy atom. The fraction of sp³-hybridized carbons (Fsp3) is 0.778. The van der Waals surface area contributed by atoms with Gasteiger partial charge in [0.15, 0.2) is 6.10 Å². The van der Waals surface area contributed by atoms with Crippen molar-refractivity contribution in [1.29, 1.82) is 0 Å². The van der Waals surface area contributed by atoms with Crippen molar-refractivity contribution in [3.05, 3.63) is 0 Å². The van der Waals surface area contributed by atoms with Crippen LogP contribution in [0, 0.1) is 5.92 Å². The molecule has 0 aromatic carbocycles. The van der Waals surface area contributed by atoms with Crippen LogP contribution in [0.2, 0.25) is 0 Å². The third kappa shape index (κ3) is 5.34. The third-order valence-corrected chi connectivity index (χ3v) is 2.19.